The van der Waals surface area contributed by atoms with E-state index in [0.29, 0.717) is 29.8 Å². The molecule has 1 aliphatic carbocycles. The molecular formula is C24H25FN2O4. The highest BCUT2D eigenvalue weighted by molar-refractivity contribution is 6.14. The molecule has 0 bridgehead atoms. The van der Waals surface area contributed by atoms with E-state index in [0.717, 1.165) is 12.8 Å². The van der Waals surface area contributed by atoms with E-state index in [9.17, 15) is 18.8 Å². The van der Waals surface area contributed by atoms with Gasteiger partial charge in [-0.3, -0.25) is 19.3 Å². The highest BCUT2D eigenvalue weighted by Gasteiger charge is 2.47. The Bertz CT molecular complexity index is 1040. The zero-order chi connectivity index (χ0) is 22.2. The Kier molecular flexibility index (Phi) is 5.29. The van der Waals surface area contributed by atoms with Crippen molar-refractivity contribution in [2.45, 2.75) is 50.5 Å². The number of rotatable bonds is 4. The molecule has 6 nitrogen and oxygen atoms in total. The first-order valence-electron chi connectivity index (χ1n) is 10.4. The molecule has 1 saturated carbocycles. The number of amides is 2. The van der Waals surface area contributed by atoms with Gasteiger partial charge in [-0.2, -0.15) is 0 Å². The van der Waals surface area contributed by atoms with Gasteiger partial charge >= 0.3 is 5.97 Å². The van der Waals surface area contributed by atoms with Gasteiger partial charge in [-0.15, -0.1) is 0 Å². The SMILES string of the molecule is CC1(C)C(=O)Nc2ccccc2N1C(=O)COC(=O)C1(c2ccccc2F)CCCC1. The van der Waals surface area contributed by atoms with Crippen molar-refractivity contribution in [2.75, 3.05) is 16.8 Å². The molecule has 162 valence electrons. The third-order valence-corrected chi connectivity index (χ3v) is 6.32. The summed E-state index contributed by atoms with van der Waals surface area (Å²) < 4.78 is 20.0. The second-order valence-electron chi connectivity index (χ2n) is 8.60. The molecule has 1 fully saturated rings. The van der Waals surface area contributed by atoms with Gasteiger partial charge in [0.2, 0.25) is 5.91 Å². The van der Waals surface area contributed by atoms with Gasteiger partial charge in [-0.25, -0.2) is 4.39 Å². The number of benzene rings is 2. The Hall–Kier alpha value is -3.22. The van der Waals surface area contributed by atoms with Crippen molar-refractivity contribution in [2.24, 2.45) is 0 Å². The minimum Gasteiger partial charge on any atom is -0.455 e. The Morgan fingerprint density at radius 3 is 2.42 bits per heavy atom. The van der Waals surface area contributed by atoms with Crippen LogP contribution in [0.15, 0.2) is 48.5 Å². The molecule has 2 amide bonds. The third-order valence-electron chi connectivity index (χ3n) is 6.32. The molecule has 2 aromatic carbocycles. The molecule has 0 unspecified atom stereocenters. The Morgan fingerprint density at radius 2 is 1.71 bits per heavy atom. The summed E-state index contributed by atoms with van der Waals surface area (Å²) in [6, 6.07) is 13.2. The fourth-order valence-electron chi connectivity index (χ4n) is 4.64. The molecule has 31 heavy (non-hydrogen) atoms. The van der Waals surface area contributed by atoms with Gasteiger partial charge in [-0.05, 0) is 44.9 Å². The van der Waals surface area contributed by atoms with Crippen molar-refractivity contribution >= 4 is 29.2 Å². The van der Waals surface area contributed by atoms with Crippen LogP contribution in [0.4, 0.5) is 15.8 Å². The summed E-state index contributed by atoms with van der Waals surface area (Å²) in [6.07, 6.45) is 2.51. The number of esters is 1. The smallest absolute Gasteiger partial charge is 0.317 e. The average molecular weight is 424 g/mol. The van der Waals surface area contributed by atoms with Crippen LogP contribution in [-0.2, 0) is 24.5 Å². The molecule has 1 aliphatic heterocycles. The highest BCUT2D eigenvalue weighted by atomic mass is 19.1. The zero-order valence-corrected chi connectivity index (χ0v) is 17.6. The Morgan fingerprint density at radius 1 is 1.06 bits per heavy atom. The second-order valence-corrected chi connectivity index (χ2v) is 8.60. The van der Waals surface area contributed by atoms with Crippen LogP contribution in [0, 0.1) is 5.82 Å². The number of nitrogens with one attached hydrogen (secondary N) is 1. The molecule has 1 heterocycles. The minimum atomic E-state index is -1.16. The van der Waals surface area contributed by atoms with E-state index in [4.69, 9.17) is 4.74 Å². The molecule has 0 aromatic heterocycles. The van der Waals surface area contributed by atoms with E-state index in [1.807, 2.05) is 0 Å². The standard InChI is InChI=1S/C24H25FN2O4/c1-23(2)21(29)26-18-11-5-6-12-19(18)27(23)20(28)15-31-22(30)24(13-7-8-14-24)16-9-3-4-10-17(16)25/h3-6,9-12H,7-8,13-15H2,1-2H3,(H,26,29). The van der Waals surface area contributed by atoms with Crippen LogP contribution >= 0.6 is 0 Å². The lowest BCUT2D eigenvalue weighted by Crippen LogP contribution is -2.59. The normalized spacial score (nSPS) is 18.8. The van der Waals surface area contributed by atoms with Crippen LogP contribution in [0.3, 0.4) is 0 Å². The second kappa shape index (κ2) is 7.80. The molecule has 1 N–H and O–H groups in total. The quantitative estimate of drug-likeness (QED) is 0.755. The number of hydrogen-bond acceptors (Lipinski definition) is 4. The average Bonchev–Trinajstić information content (AvgIpc) is 3.24. The molecule has 2 aromatic rings. The van der Waals surface area contributed by atoms with Gasteiger partial charge < -0.3 is 10.1 Å². The van der Waals surface area contributed by atoms with Crippen molar-refractivity contribution in [1.82, 2.24) is 0 Å². The monoisotopic (exact) mass is 424 g/mol. The van der Waals surface area contributed by atoms with Crippen LogP contribution in [0.25, 0.3) is 0 Å². The van der Waals surface area contributed by atoms with E-state index in [2.05, 4.69) is 5.32 Å². The lowest BCUT2D eigenvalue weighted by atomic mass is 9.78. The molecule has 0 saturated heterocycles. The van der Waals surface area contributed by atoms with Crippen LogP contribution < -0.4 is 10.2 Å². The van der Waals surface area contributed by atoms with Gasteiger partial charge in [0.25, 0.3) is 5.91 Å². The number of anilines is 2. The first-order chi connectivity index (χ1) is 14.8. The fourth-order valence-corrected chi connectivity index (χ4v) is 4.64. The first kappa shape index (κ1) is 21.0. The molecule has 0 spiro atoms. The summed E-state index contributed by atoms with van der Waals surface area (Å²) in [4.78, 5) is 40.2. The molecule has 4 rings (SSSR count). The van der Waals surface area contributed by atoms with E-state index in [1.165, 1.54) is 11.0 Å². The van der Waals surface area contributed by atoms with Crippen molar-refractivity contribution in [3.63, 3.8) is 0 Å². The van der Waals surface area contributed by atoms with Crippen LogP contribution in [0.1, 0.15) is 45.1 Å². The molecule has 2 aliphatic rings. The maximum absolute atomic E-state index is 14.5. The van der Waals surface area contributed by atoms with Crippen molar-refractivity contribution in [3.8, 4) is 0 Å². The summed E-state index contributed by atoms with van der Waals surface area (Å²) in [5.74, 6) is -1.89. The summed E-state index contributed by atoms with van der Waals surface area (Å²) >= 11 is 0. The van der Waals surface area contributed by atoms with E-state index in [-0.39, 0.29) is 5.91 Å². The van der Waals surface area contributed by atoms with Crippen LogP contribution in [-0.4, -0.2) is 29.9 Å². The van der Waals surface area contributed by atoms with Crippen molar-refractivity contribution in [1.29, 1.82) is 0 Å². The van der Waals surface area contributed by atoms with Gasteiger partial charge in [0.1, 0.15) is 11.4 Å². The Balaban J connectivity index is 1.57. The summed E-state index contributed by atoms with van der Waals surface area (Å²) in [7, 11) is 0. The van der Waals surface area contributed by atoms with E-state index < -0.39 is 35.3 Å². The van der Waals surface area contributed by atoms with Crippen LogP contribution in [0.5, 0.6) is 0 Å². The van der Waals surface area contributed by atoms with Gasteiger partial charge in [0.05, 0.1) is 16.8 Å². The topological polar surface area (TPSA) is 75.7 Å². The van der Waals surface area contributed by atoms with Gasteiger partial charge in [0.15, 0.2) is 6.61 Å². The lowest BCUT2D eigenvalue weighted by molar-refractivity contribution is -0.154. The third kappa shape index (κ3) is 3.48. The maximum Gasteiger partial charge on any atom is 0.317 e. The lowest BCUT2D eigenvalue weighted by Gasteiger charge is -2.42. The number of ether oxygens (including phenoxy) is 1. The van der Waals surface area contributed by atoms with Crippen molar-refractivity contribution < 1.29 is 23.5 Å². The molecule has 0 atom stereocenters. The number of fused-ring (bicyclic) bond motifs is 1. The number of halogens is 1. The largest absolute Gasteiger partial charge is 0.455 e. The number of para-hydroxylation sites is 2. The molecule has 0 radical (unpaired) electrons. The molecule has 7 heteroatoms. The minimum absolute atomic E-state index is 0.313. The number of hydrogen-bond donors (Lipinski definition) is 1. The number of carbonyl (C=O) groups excluding carboxylic acids is 3. The van der Waals surface area contributed by atoms with Crippen LogP contribution in [0.2, 0.25) is 0 Å². The van der Waals surface area contributed by atoms with Crippen molar-refractivity contribution in [3.05, 3.63) is 59.9 Å². The van der Waals surface area contributed by atoms with E-state index >= 15 is 0 Å². The summed E-state index contributed by atoms with van der Waals surface area (Å²) in [5, 5.41) is 2.80. The fraction of sp³-hybridized carbons (Fsp3) is 0.375. The first-order valence-corrected chi connectivity index (χ1v) is 10.4. The predicted molar refractivity (Wildman–Crippen MR) is 114 cm³/mol. The van der Waals surface area contributed by atoms with E-state index in [1.54, 1.807) is 56.3 Å². The molecular weight excluding hydrogens is 399 g/mol. The van der Waals surface area contributed by atoms with Gasteiger partial charge in [0, 0.05) is 5.56 Å². The predicted octanol–water partition coefficient (Wildman–Crippen LogP) is 3.94. The highest BCUT2D eigenvalue weighted by Crippen LogP contribution is 2.43. The van der Waals surface area contributed by atoms with Gasteiger partial charge in [-0.1, -0.05) is 43.2 Å². The Labute approximate surface area is 180 Å². The summed E-state index contributed by atoms with van der Waals surface area (Å²) in [6.45, 7) is 2.74. The maximum atomic E-state index is 14.5. The summed E-state index contributed by atoms with van der Waals surface area (Å²) in [5.41, 5.74) is -0.872. The zero-order valence-electron chi connectivity index (χ0n) is 17.6. The number of carbonyl (C=O) groups is 3. The number of nitrogens with zero attached hydrogens (tertiary/aromatic N) is 1.